The second-order valence-electron chi connectivity index (χ2n) is 10.7. The summed E-state index contributed by atoms with van der Waals surface area (Å²) in [6.07, 6.45) is 6.28. The van der Waals surface area contributed by atoms with E-state index in [-0.39, 0.29) is 47.3 Å². The Morgan fingerprint density at radius 3 is 2.37 bits per heavy atom. The number of ether oxygens (including phenoxy) is 1. The van der Waals surface area contributed by atoms with E-state index >= 15 is 0 Å². The van der Waals surface area contributed by atoms with E-state index in [1.54, 1.807) is 11.8 Å². The minimum Gasteiger partial charge on any atom is -0.476 e. The fraction of sp³-hybridized carbons (Fsp3) is 0.419. The zero-order valence-electron chi connectivity index (χ0n) is 22.9. The number of amides is 2. The van der Waals surface area contributed by atoms with Crippen molar-refractivity contribution in [2.45, 2.75) is 86.4 Å². The molecule has 3 aromatic rings. The fourth-order valence-electron chi connectivity index (χ4n) is 5.60. The van der Waals surface area contributed by atoms with Crippen LogP contribution in [0, 0.1) is 0 Å². The zero-order chi connectivity index (χ0) is 28.6. The first kappa shape index (κ1) is 28.9. The summed E-state index contributed by atoms with van der Waals surface area (Å²) in [5, 5.41) is 20.0. The summed E-state index contributed by atoms with van der Waals surface area (Å²) in [7, 11) is 0. The molecule has 9 nitrogen and oxygen atoms in total. The first-order chi connectivity index (χ1) is 20.0. The molecule has 2 aliphatic rings. The number of aromatic carboxylic acids is 1. The van der Waals surface area contributed by atoms with E-state index in [0.717, 1.165) is 55.4 Å². The molecule has 4 atom stereocenters. The van der Waals surface area contributed by atoms with E-state index < -0.39 is 11.9 Å². The van der Waals surface area contributed by atoms with Crippen LogP contribution in [0.5, 0.6) is 0 Å². The van der Waals surface area contributed by atoms with Crippen molar-refractivity contribution in [1.29, 1.82) is 0 Å². The molecule has 0 unspecified atom stereocenters. The van der Waals surface area contributed by atoms with Gasteiger partial charge in [-0.1, -0.05) is 67.8 Å². The van der Waals surface area contributed by atoms with E-state index in [4.69, 9.17) is 4.74 Å². The van der Waals surface area contributed by atoms with Crippen LogP contribution in [0.1, 0.15) is 71.5 Å². The minimum absolute atomic E-state index is 0.00995. The van der Waals surface area contributed by atoms with E-state index in [0.29, 0.717) is 6.61 Å². The number of hydrogen-bond acceptors (Lipinski definition) is 6. The highest BCUT2D eigenvalue weighted by Crippen LogP contribution is 2.35. The quantitative estimate of drug-likeness (QED) is 0.303. The average molecular weight is 577 g/mol. The number of carboxylic acids is 1. The number of nitrogens with one attached hydrogen (secondary N) is 2. The molecule has 0 spiro atoms. The van der Waals surface area contributed by atoms with Crippen molar-refractivity contribution in [2.24, 2.45) is 0 Å². The molecule has 5 rings (SSSR count). The van der Waals surface area contributed by atoms with E-state index in [1.165, 1.54) is 10.7 Å². The van der Waals surface area contributed by atoms with Gasteiger partial charge in [-0.15, -0.1) is 11.8 Å². The van der Waals surface area contributed by atoms with Crippen molar-refractivity contribution >= 4 is 29.5 Å². The third kappa shape index (κ3) is 7.77. The number of nitrogens with zero attached hydrogens (tertiary/aromatic N) is 2. The van der Waals surface area contributed by atoms with Gasteiger partial charge < -0.3 is 20.5 Å². The summed E-state index contributed by atoms with van der Waals surface area (Å²) >= 11 is 1.75. The number of rotatable bonds is 11. The van der Waals surface area contributed by atoms with Crippen LogP contribution in [-0.2, 0) is 22.7 Å². The summed E-state index contributed by atoms with van der Waals surface area (Å²) in [5.74, 6) is -2.02. The number of aromatic nitrogens is 2. The van der Waals surface area contributed by atoms with E-state index in [2.05, 4.69) is 27.9 Å². The van der Waals surface area contributed by atoms with Crippen molar-refractivity contribution in [3.05, 3.63) is 83.7 Å². The molecule has 0 saturated heterocycles. The molecule has 2 amide bonds. The molecule has 0 bridgehead atoms. The summed E-state index contributed by atoms with van der Waals surface area (Å²) in [5.41, 5.74) is 0.832. The van der Waals surface area contributed by atoms with Crippen LogP contribution in [-0.4, -0.2) is 56.1 Å². The maximum atomic E-state index is 13.4. The highest BCUT2D eigenvalue weighted by atomic mass is 32.2. The molecular formula is C31H36N4O5S. The minimum atomic E-state index is -1.25. The van der Waals surface area contributed by atoms with Gasteiger partial charge in [0.25, 0.3) is 5.91 Å². The Balaban J connectivity index is 1.23. The van der Waals surface area contributed by atoms with E-state index in [9.17, 15) is 19.5 Å². The molecule has 0 radical (unpaired) electrons. The molecule has 2 aliphatic carbocycles. The molecule has 3 N–H and O–H groups in total. The molecule has 2 fully saturated rings. The fourth-order valence-corrected chi connectivity index (χ4v) is 6.92. The maximum Gasteiger partial charge on any atom is 0.356 e. The largest absolute Gasteiger partial charge is 0.476 e. The van der Waals surface area contributed by atoms with Crippen molar-refractivity contribution in [3.63, 3.8) is 0 Å². The summed E-state index contributed by atoms with van der Waals surface area (Å²) in [4.78, 5) is 39.4. The second kappa shape index (κ2) is 13.8. The summed E-state index contributed by atoms with van der Waals surface area (Å²) in [6.45, 7) is 0.206. The first-order valence-corrected chi connectivity index (χ1v) is 15.1. The lowest BCUT2D eigenvalue weighted by molar-refractivity contribution is -0.122. The van der Waals surface area contributed by atoms with Crippen LogP contribution in [0.3, 0.4) is 0 Å². The number of thioether (sulfide) groups is 1. The van der Waals surface area contributed by atoms with Gasteiger partial charge in [-0.05, 0) is 43.4 Å². The third-order valence-corrected chi connectivity index (χ3v) is 9.09. The molecule has 10 heteroatoms. The Morgan fingerprint density at radius 2 is 1.61 bits per heavy atom. The lowest BCUT2D eigenvalue weighted by atomic mass is 9.92. The highest BCUT2D eigenvalue weighted by Gasteiger charge is 2.32. The smallest absolute Gasteiger partial charge is 0.356 e. The SMILES string of the molecule is O=C(Cn1nc(C(=O)O)cc1C(=O)N[C@H]1CCCC[C@@H]1OCc1ccccc1)N[C@H]1CCC[C@@H]1Sc1ccccc1. The van der Waals surface area contributed by atoms with Crippen molar-refractivity contribution < 1.29 is 24.2 Å². The van der Waals surface area contributed by atoms with Gasteiger partial charge in [-0.2, -0.15) is 5.10 Å². The number of hydrogen-bond donors (Lipinski definition) is 3. The van der Waals surface area contributed by atoms with Gasteiger partial charge in [0.15, 0.2) is 5.69 Å². The van der Waals surface area contributed by atoms with Crippen molar-refractivity contribution in [3.8, 4) is 0 Å². The molecule has 41 heavy (non-hydrogen) atoms. The van der Waals surface area contributed by atoms with Gasteiger partial charge in [0.2, 0.25) is 5.91 Å². The van der Waals surface area contributed by atoms with Crippen LogP contribution in [0.4, 0.5) is 0 Å². The predicted octanol–water partition coefficient (Wildman–Crippen LogP) is 4.67. The average Bonchev–Trinajstić information content (AvgIpc) is 3.60. The maximum absolute atomic E-state index is 13.4. The normalized spacial score (nSPS) is 22.2. The van der Waals surface area contributed by atoms with Crippen molar-refractivity contribution in [2.75, 3.05) is 0 Å². The second-order valence-corrected chi connectivity index (χ2v) is 12.0. The molecule has 2 saturated carbocycles. The van der Waals surface area contributed by atoms with Gasteiger partial charge in [-0.25, -0.2) is 9.48 Å². The Hall–Kier alpha value is -3.63. The Morgan fingerprint density at radius 1 is 0.902 bits per heavy atom. The third-order valence-electron chi connectivity index (χ3n) is 7.68. The number of benzene rings is 2. The van der Waals surface area contributed by atoms with E-state index in [1.807, 2.05) is 48.5 Å². The van der Waals surface area contributed by atoms with Crippen molar-refractivity contribution in [1.82, 2.24) is 20.4 Å². The van der Waals surface area contributed by atoms with Gasteiger partial charge in [0, 0.05) is 22.3 Å². The van der Waals surface area contributed by atoms with Gasteiger partial charge in [0.05, 0.1) is 18.8 Å². The van der Waals surface area contributed by atoms with Crippen LogP contribution >= 0.6 is 11.8 Å². The lowest BCUT2D eigenvalue weighted by Gasteiger charge is -2.32. The molecule has 2 aromatic carbocycles. The zero-order valence-corrected chi connectivity index (χ0v) is 23.7. The summed E-state index contributed by atoms with van der Waals surface area (Å²) < 4.78 is 7.39. The van der Waals surface area contributed by atoms with Crippen LogP contribution in [0.2, 0.25) is 0 Å². The monoisotopic (exact) mass is 576 g/mol. The standard InChI is InChI=1S/C31H36N4O5S/c36-29(32-24-15-9-17-28(24)41-22-12-5-2-6-13-22)19-35-26(18-25(34-35)31(38)39)30(37)33-23-14-7-8-16-27(23)40-20-21-10-3-1-4-11-21/h1-6,10-13,18,23-24,27-28H,7-9,14-17,19-20H2,(H,32,36)(H,33,37)(H,38,39)/t23-,24-,27-,28-/m0/s1. The van der Waals surface area contributed by atoms with Crippen LogP contribution in [0.25, 0.3) is 0 Å². The predicted molar refractivity (Wildman–Crippen MR) is 156 cm³/mol. The topological polar surface area (TPSA) is 123 Å². The number of carbonyl (C=O) groups is 3. The first-order valence-electron chi connectivity index (χ1n) is 14.2. The van der Waals surface area contributed by atoms with Crippen LogP contribution < -0.4 is 10.6 Å². The van der Waals surface area contributed by atoms with Gasteiger partial charge >= 0.3 is 5.97 Å². The Kier molecular flexibility index (Phi) is 9.74. The number of carbonyl (C=O) groups excluding carboxylic acids is 2. The van der Waals surface area contributed by atoms with Crippen LogP contribution in [0.15, 0.2) is 71.6 Å². The summed E-state index contributed by atoms with van der Waals surface area (Å²) in [6, 6.07) is 21.0. The van der Waals surface area contributed by atoms with Gasteiger partial charge in [-0.3, -0.25) is 9.59 Å². The molecule has 216 valence electrons. The Labute approximate surface area is 244 Å². The molecule has 1 heterocycles. The molecular weight excluding hydrogens is 540 g/mol. The van der Waals surface area contributed by atoms with Gasteiger partial charge in [0.1, 0.15) is 12.2 Å². The molecule has 1 aromatic heterocycles. The lowest BCUT2D eigenvalue weighted by Crippen LogP contribution is -2.47. The molecule has 0 aliphatic heterocycles. The number of carboxylic acid groups (broad SMARTS) is 1. The Bertz CT molecular complexity index is 1330. The highest BCUT2D eigenvalue weighted by molar-refractivity contribution is 8.00.